The first-order valence-corrected chi connectivity index (χ1v) is 7.21. The Morgan fingerprint density at radius 1 is 1.17 bits per heavy atom. The van der Waals surface area contributed by atoms with Crippen molar-refractivity contribution in [2.45, 2.75) is 58.9 Å². The van der Waals surface area contributed by atoms with Crippen molar-refractivity contribution in [3.05, 3.63) is 35.4 Å². The third-order valence-electron chi connectivity index (χ3n) is 4.03. The number of nitrogens with two attached hydrogens (primary N) is 1. The Morgan fingerprint density at radius 2 is 1.83 bits per heavy atom. The van der Waals surface area contributed by atoms with Gasteiger partial charge >= 0.3 is 0 Å². The lowest BCUT2D eigenvalue weighted by Crippen LogP contribution is -2.37. The van der Waals surface area contributed by atoms with Crippen molar-refractivity contribution in [3.63, 3.8) is 0 Å². The second-order valence-corrected chi connectivity index (χ2v) is 5.25. The Morgan fingerprint density at radius 3 is 2.39 bits per heavy atom. The maximum Gasteiger partial charge on any atom is 0.0216 e. The van der Waals surface area contributed by atoms with Crippen LogP contribution in [0.4, 0.5) is 0 Å². The smallest absolute Gasteiger partial charge is 0.0216 e. The minimum atomic E-state index is 0.439. The Kier molecular flexibility index (Phi) is 6.99. The molecule has 18 heavy (non-hydrogen) atoms. The predicted molar refractivity (Wildman–Crippen MR) is 79.3 cm³/mol. The van der Waals surface area contributed by atoms with Crippen molar-refractivity contribution in [1.82, 2.24) is 5.43 Å². The first kappa shape index (κ1) is 15.2. The molecule has 1 aromatic rings. The SMILES string of the molecule is CCC(CC)CC(CCc1ccccc1C)NN. The summed E-state index contributed by atoms with van der Waals surface area (Å²) in [6.07, 6.45) is 5.92. The van der Waals surface area contributed by atoms with E-state index in [1.165, 1.54) is 30.4 Å². The molecule has 3 N–H and O–H groups in total. The molecule has 1 rings (SSSR count). The van der Waals surface area contributed by atoms with Crippen LogP contribution in [0.1, 0.15) is 50.7 Å². The van der Waals surface area contributed by atoms with Crippen LogP contribution in [0.25, 0.3) is 0 Å². The fraction of sp³-hybridized carbons (Fsp3) is 0.625. The molecule has 1 unspecified atom stereocenters. The van der Waals surface area contributed by atoms with Crippen LogP contribution in [-0.4, -0.2) is 6.04 Å². The van der Waals surface area contributed by atoms with Crippen molar-refractivity contribution in [2.24, 2.45) is 11.8 Å². The van der Waals surface area contributed by atoms with Gasteiger partial charge in [-0.05, 0) is 43.2 Å². The van der Waals surface area contributed by atoms with Crippen LogP contribution in [0.3, 0.4) is 0 Å². The summed E-state index contributed by atoms with van der Waals surface area (Å²) in [6, 6.07) is 9.06. The molecule has 0 saturated heterocycles. The summed E-state index contributed by atoms with van der Waals surface area (Å²) in [7, 11) is 0. The van der Waals surface area contributed by atoms with Gasteiger partial charge in [0.1, 0.15) is 0 Å². The van der Waals surface area contributed by atoms with Gasteiger partial charge in [-0.2, -0.15) is 0 Å². The van der Waals surface area contributed by atoms with Crippen LogP contribution in [0.15, 0.2) is 24.3 Å². The second kappa shape index (κ2) is 8.28. The van der Waals surface area contributed by atoms with Gasteiger partial charge in [0.2, 0.25) is 0 Å². The van der Waals surface area contributed by atoms with E-state index in [-0.39, 0.29) is 0 Å². The normalized spacial score (nSPS) is 12.9. The maximum atomic E-state index is 5.68. The molecule has 0 aliphatic carbocycles. The van der Waals surface area contributed by atoms with E-state index in [0.717, 1.165) is 18.8 Å². The van der Waals surface area contributed by atoms with Crippen LogP contribution in [-0.2, 0) is 6.42 Å². The Balaban J connectivity index is 2.47. The highest BCUT2D eigenvalue weighted by molar-refractivity contribution is 5.25. The molecule has 2 nitrogen and oxygen atoms in total. The van der Waals surface area contributed by atoms with Gasteiger partial charge in [0, 0.05) is 6.04 Å². The molecule has 1 aromatic carbocycles. The van der Waals surface area contributed by atoms with Gasteiger partial charge in [-0.25, -0.2) is 0 Å². The van der Waals surface area contributed by atoms with Crippen molar-refractivity contribution < 1.29 is 0 Å². The molecular weight excluding hydrogens is 220 g/mol. The highest BCUT2D eigenvalue weighted by Gasteiger charge is 2.13. The van der Waals surface area contributed by atoms with Crippen molar-refractivity contribution in [2.75, 3.05) is 0 Å². The summed E-state index contributed by atoms with van der Waals surface area (Å²) in [5.41, 5.74) is 5.82. The van der Waals surface area contributed by atoms with Gasteiger partial charge in [0.15, 0.2) is 0 Å². The molecule has 2 heteroatoms. The molecule has 102 valence electrons. The molecule has 0 spiro atoms. The molecule has 0 fully saturated rings. The van der Waals surface area contributed by atoms with E-state index < -0.39 is 0 Å². The highest BCUT2D eigenvalue weighted by Crippen LogP contribution is 2.18. The van der Waals surface area contributed by atoms with E-state index in [9.17, 15) is 0 Å². The summed E-state index contributed by atoms with van der Waals surface area (Å²) in [4.78, 5) is 0. The fourth-order valence-electron chi connectivity index (χ4n) is 2.51. The van der Waals surface area contributed by atoms with Crippen molar-refractivity contribution >= 4 is 0 Å². The van der Waals surface area contributed by atoms with E-state index in [4.69, 9.17) is 5.84 Å². The van der Waals surface area contributed by atoms with Crippen LogP contribution < -0.4 is 11.3 Å². The van der Waals surface area contributed by atoms with Gasteiger partial charge in [-0.15, -0.1) is 0 Å². The number of benzene rings is 1. The Bertz CT molecular complexity index is 332. The van der Waals surface area contributed by atoms with E-state index in [1.807, 2.05) is 0 Å². The van der Waals surface area contributed by atoms with Crippen molar-refractivity contribution in [1.29, 1.82) is 0 Å². The summed E-state index contributed by atoms with van der Waals surface area (Å²) in [5.74, 6) is 6.48. The number of hydrogen-bond donors (Lipinski definition) is 2. The first-order valence-electron chi connectivity index (χ1n) is 7.21. The van der Waals surface area contributed by atoms with E-state index in [2.05, 4.69) is 50.5 Å². The summed E-state index contributed by atoms with van der Waals surface area (Å²) in [5, 5.41) is 0. The summed E-state index contributed by atoms with van der Waals surface area (Å²) >= 11 is 0. The van der Waals surface area contributed by atoms with E-state index in [0.29, 0.717) is 6.04 Å². The topological polar surface area (TPSA) is 38.0 Å². The zero-order chi connectivity index (χ0) is 13.4. The van der Waals surface area contributed by atoms with Crippen LogP contribution in [0.5, 0.6) is 0 Å². The molecule has 0 amide bonds. The minimum Gasteiger partial charge on any atom is -0.271 e. The molecule has 0 aliphatic rings. The highest BCUT2D eigenvalue weighted by atomic mass is 15.2. The Hall–Kier alpha value is -0.860. The maximum absolute atomic E-state index is 5.68. The van der Waals surface area contributed by atoms with Gasteiger partial charge in [0.25, 0.3) is 0 Å². The summed E-state index contributed by atoms with van der Waals surface area (Å²) in [6.45, 7) is 6.72. The minimum absolute atomic E-state index is 0.439. The zero-order valence-corrected chi connectivity index (χ0v) is 12.1. The third kappa shape index (κ3) is 4.79. The molecule has 0 heterocycles. The predicted octanol–water partition coefficient (Wildman–Crippen LogP) is 3.59. The largest absolute Gasteiger partial charge is 0.271 e. The zero-order valence-electron chi connectivity index (χ0n) is 12.1. The molecule has 0 aromatic heterocycles. The Labute approximate surface area is 112 Å². The number of hydrazine groups is 1. The molecule has 0 saturated carbocycles. The monoisotopic (exact) mass is 248 g/mol. The second-order valence-electron chi connectivity index (χ2n) is 5.25. The molecule has 0 bridgehead atoms. The number of hydrogen-bond acceptors (Lipinski definition) is 2. The van der Waals surface area contributed by atoms with Crippen molar-refractivity contribution in [3.8, 4) is 0 Å². The molecule has 1 atom stereocenters. The average Bonchev–Trinajstić information content (AvgIpc) is 2.41. The van der Waals surface area contributed by atoms with E-state index in [1.54, 1.807) is 0 Å². The molecule has 0 radical (unpaired) electrons. The number of rotatable bonds is 8. The van der Waals surface area contributed by atoms with Gasteiger partial charge < -0.3 is 0 Å². The quantitative estimate of drug-likeness (QED) is 0.545. The lowest BCUT2D eigenvalue weighted by Gasteiger charge is -2.21. The van der Waals surface area contributed by atoms with Crippen LogP contribution in [0, 0.1) is 12.8 Å². The van der Waals surface area contributed by atoms with Gasteiger partial charge in [-0.1, -0.05) is 51.0 Å². The average molecular weight is 248 g/mol. The first-order chi connectivity index (χ1) is 8.71. The fourth-order valence-corrected chi connectivity index (χ4v) is 2.51. The van der Waals surface area contributed by atoms with Crippen LogP contribution >= 0.6 is 0 Å². The standard InChI is InChI=1S/C16H28N2/c1-4-14(5-2)12-16(18-17)11-10-15-9-7-6-8-13(15)3/h6-9,14,16,18H,4-5,10-12,17H2,1-3H3. The summed E-state index contributed by atoms with van der Waals surface area (Å²) < 4.78 is 0. The lowest BCUT2D eigenvalue weighted by molar-refractivity contribution is 0.355. The van der Waals surface area contributed by atoms with Crippen LogP contribution in [0.2, 0.25) is 0 Å². The van der Waals surface area contributed by atoms with E-state index >= 15 is 0 Å². The van der Waals surface area contributed by atoms with Gasteiger partial charge in [-0.3, -0.25) is 11.3 Å². The lowest BCUT2D eigenvalue weighted by atomic mass is 9.91. The molecule has 0 aliphatic heterocycles. The van der Waals surface area contributed by atoms with Gasteiger partial charge in [0.05, 0.1) is 0 Å². The number of nitrogens with one attached hydrogen (secondary N) is 1. The molecular formula is C16H28N2. The number of aryl methyl sites for hydroxylation is 2. The third-order valence-corrected chi connectivity index (χ3v) is 4.03.